The van der Waals surface area contributed by atoms with Crippen LogP contribution in [0.4, 0.5) is 0 Å². The van der Waals surface area contributed by atoms with Crippen LogP contribution in [-0.2, 0) is 20.7 Å². The summed E-state index contributed by atoms with van der Waals surface area (Å²) in [5, 5.41) is 4.23. The molecule has 0 radical (unpaired) electrons. The minimum atomic E-state index is -0.637. The summed E-state index contributed by atoms with van der Waals surface area (Å²) >= 11 is 0. The molecule has 1 aromatic carbocycles. The summed E-state index contributed by atoms with van der Waals surface area (Å²) in [6.45, 7) is 6.07. The van der Waals surface area contributed by atoms with Gasteiger partial charge in [-0.3, -0.25) is 9.59 Å². The molecule has 2 bridgehead atoms. The van der Waals surface area contributed by atoms with E-state index in [4.69, 9.17) is 4.74 Å². The van der Waals surface area contributed by atoms with E-state index in [1.165, 1.54) is 10.9 Å². The van der Waals surface area contributed by atoms with E-state index in [-0.39, 0.29) is 17.9 Å². The van der Waals surface area contributed by atoms with Crippen molar-refractivity contribution in [1.82, 2.24) is 15.2 Å². The summed E-state index contributed by atoms with van der Waals surface area (Å²) in [4.78, 5) is 31.4. The number of likely N-dealkylation sites (tertiary alicyclic amines) is 1. The predicted octanol–water partition coefficient (Wildman–Crippen LogP) is 2.65. The molecule has 6 heteroatoms. The number of benzene rings is 1. The fraction of sp³-hybridized carbons (Fsp3) is 0.500. The molecule has 1 spiro atoms. The summed E-state index contributed by atoms with van der Waals surface area (Å²) < 4.78 is 6.21. The molecule has 0 saturated carbocycles. The second-order valence-corrected chi connectivity index (χ2v) is 9.24. The molecule has 2 N–H and O–H groups in total. The third-order valence-electron chi connectivity index (χ3n) is 6.83. The van der Waals surface area contributed by atoms with E-state index in [0.717, 1.165) is 18.4 Å². The molecule has 30 heavy (non-hydrogen) atoms. The Morgan fingerprint density at radius 3 is 3.03 bits per heavy atom. The number of rotatable bonds is 7. The number of aromatic amines is 1. The van der Waals surface area contributed by atoms with Gasteiger partial charge in [0.15, 0.2) is 0 Å². The fourth-order valence-electron chi connectivity index (χ4n) is 5.26. The number of fused-ring (bicyclic) bond motifs is 2. The lowest BCUT2D eigenvalue weighted by atomic mass is 9.77. The van der Waals surface area contributed by atoms with Gasteiger partial charge in [0.05, 0.1) is 24.5 Å². The lowest BCUT2D eigenvalue weighted by Gasteiger charge is -2.23. The smallest absolute Gasteiger partial charge is 0.230 e. The standard InChI is InChI=1S/C24H29N3O3/c1-15(2)8-11-25-22(28)20-19-7-10-24(30-19)14-27(23(29)21(20)24)12-9-16-13-26-18-6-4-3-5-17(16)18/h3-7,10,13,15,19-21,26H,8-9,11-12,14H2,1-2H3,(H,25,28)/t19-,20+,21+,24-/m0/s1. The molecule has 0 aliphatic carbocycles. The van der Waals surface area contributed by atoms with Gasteiger partial charge >= 0.3 is 0 Å². The Kier molecular flexibility index (Phi) is 4.69. The van der Waals surface area contributed by atoms with Gasteiger partial charge in [0, 0.05) is 30.2 Å². The van der Waals surface area contributed by atoms with Crippen LogP contribution in [0.25, 0.3) is 10.9 Å². The highest BCUT2D eigenvalue weighted by molar-refractivity contribution is 5.93. The zero-order valence-electron chi connectivity index (χ0n) is 17.6. The molecule has 3 aliphatic heterocycles. The Morgan fingerprint density at radius 1 is 1.37 bits per heavy atom. The molecule has 4 heterocycles. The van der Waals surface area contributed by atoms with Gasteiger partial charge in [0.1, 0.15) is 5.60 Å². The van der Waals surface area contributed by atoms with E-state index in [1.807, 2.05) is 35.4 Å². The van der Waals surface area contributed by atoms with E-state index in [0.29, 0.717) is 25.6 Å². The topological polar surface area (TPSA) is 74.4 Å². The van der Waals surface area contributed by atoms with Gasteiger partial charge in [-0.1, -0.05) is 44.2 Å². The largest absolute Gasteiger partial charge is 0.361 e. The van der Waals surface area contributed by atoms with Gasteiger partial charge in [-0.25, -0.2) is 0 Å². The molecule has 3 aliphatic rings. The van der Waals surface area contributed by atoms with E-state index in [9.17, 15) is 9.59 Å². The number of hydrogen-bond acceptors (Lipinski definition) is 3. The van der Waals surface area contributed by atoms with Crippen LogP contribution in [0.2, 0.25) is 0 Å². The van der Waals surface area contributed by atoms with Crippen molar-refractivity contribution in [3.8, 4) is 0 Å². The number of nitrogens with one attached hydrogen (secondary N) is 2. The lowest BCUT2D eigenvalue weighted by Crippen LogP contribution is -2.44. The summed E-state index contributed by atoms with van der Waals surface area (Å²) in [6, 6.07) is 8.21. The Balaban J connectivity index is 1.29. The number of nitrogens with zero attached hydrogens (tertiary/aromatic N) is 1. The minimum absolute atomic E-state index is 0.0469. The molecule has 158 valence electrons. The monoisotopic (exact) mass is 407 g/mol. The van der Waals surface area contributed by atoms with Crippen LogP contribution < -0.4 is 5.32 Å². The number of ether oxygens (including phenoxy) is 1. The van der Waals surface area contributed by atoms with Gasteiger partial charge in [0.25, 0.3) is 0 Å². The number of amides is 2. The highest BCUT2D eigenvalue weighted by Gasteiger charge is 2.66. The highest BCUT2D eigenvalue weighted by atomic mass is 16.5. The first-order valence-corrected chi connectivity index (χ1v) is 11.0. The van der Waals surface area contributed by atoms with Gasteiger partial charge in [-0.2, -0.15) is 0 Å². The third-order valence-corrected chi connectivity index (χ3v) is 6.83. The van der Waals surface area contributed by atoms with Crippen molar-refractivity contribution in [2.45, 2.75) is 38.4 Å². The highest BCUT2D eigenvalue weighted by Crippen LogP contribution is 2.51. The fourth-order valence-corrected chi connectivity index (χ4v) is 5.26. The molecule has 2 aromatic rings. The van der Waals surface area contributed by atoms with Crippen molar-refractivity contribution in [2.24, 2.45) is 17.8 Å². The van der Waals surface area contributed by atoms with Crippen molar-refractivity contribution in [3.05, 3.63) is 48.2 Å². The SMILES string of the molecule is CC(C)CCNC(=O)[C@@H]1[C@@H]2C=C[C@@]3(CN(CCc4c[nH]c5ccccc45)C(=O)[C@@H]13)O2. The Bertz CT molecular complexity index is 1010. The van der Waals surface area contributed by atoms with Gasteiger partial charge in [-0.05, 0) is 30.4 Å². The van der Waals surface area contributed by atoms with Crippen molar-refractivity contribution >= 4 is 22.7 Å². The molecule has 2 amide bonds. The maximum atomic E-state index is 13.3. The number of carbonyl (C=O) groups is 2. The Labute approximate surface area is 176 Å². The second kappa shape index (κ2) is 7.27. The quantitative estimate of drug-likeness (QED) is 0.693. The van der Waals surface area contributed by atoms with Gasteiger partial charge in [-0.15, -0.1) is 0 Å². The summed E-state index contributed by atoms with van der Waals surface area (Å²) in [7, 11) is 0. The molecule has 6 nitrogen and oxygen atoms in total. The molecule has 2 saturated heterocycles. The first-order valence-electron chi connectivity index (χ1n) is 11.0. The Hall–Kier alpha value is -2.60. The number of hydrogen-bond donors (Lipinski definition) is 2. The third kappa shape index (κ3) is 3.05. The second-order valence-electron chi connectivity index (χ2n) is 9.24. The molecule has 0 unspecified atom stereocenters. The van der Waals surface area contributed by atoms with Crippen LogP contribution in [0.15, 0.2) is 42.6 Å². The number of H-pyrrole nitrogens is 1. The van der Waals surface area contributed by atoms with Crippen LogP contribution >= 0.6 is 0 Å². The molecular formula is C24H29N3O3. The normalized spacial score (nSPS) is 29.4. The molecule has 2 fully saturated rings. The molecule has 1 aromatic heterocycles. The van der Waals surface area contributed by atoms with Crippen LogP contribution in [-0.4, -0.2) is 53.0 Å². The predicted molar refractivity (Wildman–Crippen MR) is 115 cm³/mol. The van der Waals surface area contributed by atoms with Crippen LogP contribution in [0.3, 0.4) is 0 Å². The first-order chi connectivity index (χ1) is 14.5. The number of carbonyl (C=O) groups excluding carboxylic acids is 2. The maximum absolute atomic E-state index is 13.3. The van der Waals surface area contributed by atoms with E-state index >= 15 is 0 Å². The Morgan fingerprint density at radius 2 is 2.20 bits per heavy atom. The van der Waals surface area contributed by atoms with E-state index < -0.39 is 17.4 Å². The lowest BCUT2D eigenvalue weighted by molar-refractivity contribution is -0.137. The van der Waals surface area contributed by atoms with Crippen LogP contribution in [0.5, 0.6) is 0 Å². The van der Waals surface area contributed by atoms with Crippen molar-refractivity contribution in [1.29, 1.82) is 0 Å². The van der Waals surface area contributed by atoms with Gasteiger partial charge < -0.3 is 19.9 Å². The van der Waals surface area contributed by atoms with E-state index in [2.05, 4.69) is 36.3 Å². The van der Waals surface area contributed by atoms with Gasteiger partial charge in [0.2, 0.25) is 11.8 Å². The summed E-state index contributed by atoms with van der Waals surface area (Å²) in [6.07, 6.45) is 7.44. The van der Waals surface area contributed by atoms with Crippen LogP contribution in [0.1, 0.15) is 25.8 Å². The number of aromatic nitrogens is 1. The zero-order valence-corrected chi connectivity index (χ0v) is 17.6. The summed E-state index contributed by atoms with van der Waals surface area (Å²) in [5.41, 5.74) is 1.68. The summed E-state index contributed by atoms with van der Waals surface area (Å²) in [5.74, 6) is -0.308. The number of para-hydroxylation sites is 1. The average molecular weight is 408 g/mol. The maximum Gasteiger partial charge on any atom is 0.230 e. The molecular weight excluding hydrogens is 378 g/mol. The van der Waals surface area contributed by atoms with E-state index in [1.54, 1.807) is 0 Å². The molecule has 5 rings (SSSR count). The molecule has 4 atom stereocenters. The van der Waals surface area contributed by atoms with Crippen molar-refractivity contribution < 1.29 is 14.3 Å². The van der Waals surface area contributed by atoms with Crippen molar-refractivity contribution in [2.75, 3.05) is 19.6 Å². The zero-order chi connectivity index (χ0) is 20.9. The minimum Gasteiger partial charge on any atom is -0.361 e. The van der Waals surface area contributed by atoms with Crippen molar-refractivity contribution in [3.63, 3.8) is 0 Å². The first kappa shape index (κ1) is 19.4. The average Bonchev–Trinajstić information content (AvgIpc) is 3.46. The van der Waals surface area contributed by atoms with Crippen LogP contribution in [0, 0.1) is 17.8 Å².